The lowest BCUT2D eigenvalue weighted by Gasteiger charge is -2.37. The van der Waals surface area contributed by atoms with Crippen LogP contribution in [0.3, 0.4) is 0 Å². The first-order chi connectivity index (χ1) is 15.0. The summed E-state index contributed by atoms with van der Waals surface area (Å²) in [7, 11) is 0. The number of rotatable bonds is 4. The summed E-state index contributed by atoms with van der Waals surface area (Å²) in [6.45, 7) is 6.12. The number of nitrogens with one attached hydrogen (secondary N) is 2. The van der Waals surface area contributed by atoms with Gasteiger partial charge in [-0.05, 0) is 30.2 Å². The summed E-state index contributed by atoms with van der Waals surface area (Å²) in [5.41, 5.74) is 2.43. The summed E-state index contributed by atoms with van der Waals surface area (Å²) in [6.07, 6.45) is 0. The summed E-state index contributed by atoms with van der Waals surface area (Å²) in [6, 6.07) is 14.0. The van der Waals surface area contributed by atoms with Crippen molar-refractivity contribution in [3.05, 3.63) is 59.7 Å². The van der Waals surface area contributed by atoms with Gasteiger partial charge < -0.3 is 20.1 Å². The summed E-state index contributed by atoms with van der Waals surface area (Å²) < 4.78 is 13.9. The van der Waals surface area contributed by atoms with Crippen molar-refractivity contribution >= 4 is 22.8 Å². The highest BCUT2D eigenvalue weighted by Gasteiger charge is 2.27. The zero-order valence-electron chi connectivity index (χ0n) is 17.6. The number of nitriles is 1. The smallest absolute Gasteiger partial charge is 0.318 e. The van der Waals surface area contributed by atoms with Crippen LogP contribution in [-0.2, 0) is 0 Å². The van der Waals surface area contributed by atoms with Gasteiger partial charge >= 0.3 is 6.03 Å². The normalized spacial score (nSPS) is 15.2. The van der Waals surface area contributed by atoms with E-state index in [1.165, 1.54) is 6.07 Å². The van der Waals surface area contributed by atoms with Crippen molar-refractivity contribution in [2.75, 3.05) is 31.1 Å². The molecular formula is C23H25FN6O. The Morgan fingerprint density at radius 1 is 1.16 bits per heavy atom. The quantitative estimate of drug-likeness (QED) is 0.672. The van der Waals surface area contributed by atoms with Gasteiger partial charge in [0.1, 0.15) is 23.3 Å². The van der Waals surface area contributed by atoms with Crippen molar-refractivity contribution in [1.82, 2.24) is 20.2 Å². The summed E-state index contributed by atoms with van der Waals surface area (Å²) in [4.78, 5) is 24.6. The molecule has 0 aliphatic carbocycles. The molecule has 2 amide bonds. The Hall–Kier alpha value is -3.60. The first-order valence-corrected chi connectivity index (χ1v) is 10.4. The van der Waals surface area contributed by atoms with Gasteiger partial charge in [0.05, 0.1) is 22.8 Å². The number of aromatic nitrogens is 2. The van der Waals surface area contributed by atoms with E-state index in [1.54, 1.807) is 17.0 Å². The maximum absolute atomic E-state index is 13.9. The molecule has 1 aliphatic rings. The molecule has 160 valence electrons. The van der Waals surface area contributed by atoms with Gasteiger partial charge in [0.25, 0.3) is 0 Å². The van der Waals surface area contributed by atoms with Crippen molar-refractivity contribution in [1.29, 1.82) is 5.26 Å². The Bertz CT molecular complexity index is 1090. The predicted octanol–water partition coefficient (Wildman–Crippen LogP) is 3.80. The van der Waals surface area contributed by atoms with Crippen LogP contribution >= 0.6 is 0 Å². The summed E-state index contributed by atoms with van der Waals surface area (Å²) in [5.74, 6) is 0.365. The molecule has 1 aromatic heterocycles. The van der Waals surface area contributed by atoms with Crippen LogP contribution in [0.4, 0.5) is 14.9 Å². The van der Waals surface area contributed by atoms with E-state index in [4.69, 9.17) is 0 Å². The maximum atomic E-state index is 13.9. The minimum Gasteiger partial charge on any atom is -0.367 e. The molecule has 1 fully saturated rings. The molecule has 3 aromatic rings. The average molecular weight is 420 g/mol. The number of amides is 2. The van der Waals surface area contributed by atoms with E-state index < -0.39 is 5.82 Å². The minimum atomic E-state index is -0.522. The van der Waals surface area contributed by atoms with E-state index >= 15 is 0 Å². The minimum absolute atomic E-state index is 0.0464. The number of halogens is 1. The molecule has 31 heavy (non-hydrogen) atoms. The van der Waals surface area contributed by atoms with Crippen LogP contribution in [0.5, 0.6) is 0 Å². The Morgan fingerprint density at radius 2 is 1.90 bits per heavy atom. The Labute approximate surface area is 180 Å². The molecule has 0 bridgehead atoms. The number of hydrogen-bond donors (Lipinski definition) is 2. The zero-order valence-corrected chi connectivity index (χ0v) is 17.6. The van der Waals surface area contributed by atoms with E-state index in [9.17, 15) is 14.4 Å². The van der Waals surface area contributed by atoms with Crippen LogP contribution in [0.2, 0.25) is 0 Å². The summed E-state index contributed by atoms with van der Waals surface area (Å²) >= 11 is 0. The van der Waals surface area contributed by atoms with Gasteiger partial charge in [-0.3, -0.25) is 0 Å². The van der Waals surface area contributed by atoms with Crippen molar-refractivity contribution in [3.63, 3.8) is 0 Å². The number of H-pyrrole nitrogens is 1. The fourth-order valence-corrected chi connectivity index (χ4v) is 3.93. The monoisotopic (exact) mass is 420 g/mol. The Morgan fingerprint density at radius 3 is 2.58 bits per heavy atom. The molecule has 1 unspecified atom stereocenters. The van der Waals surface area contributed by atoms with Crippen LogP contribution < -0.4 is 10.2 Å². The second-order valence-corrected chi connectivity index (χ2v) is 8.03. The standard InChI is InChI=1S/C23H25FN6O/c1-15(2)21(22-26-18-7-3-4-8-19(18)27-22)28-23(31)30-12-10-29(11-13-30)20-9-5-6-17(24)16(20)14-25/h3-9,15,21H,10-13H2,1-2H3,(H,26,27)(H,28,31). The van der Waals surface area contributed by atoms with E-state index in [1.807, 2.05) is 49.1 Å². The number of piperazine rings is 1. The summed E-state index contributed by atoms with van der Waals surface area (Å²) in [5, 5.41) is 12.4. The molecule has 2 aromatic carbocycles. The third kappa shape index (κ3) is 4.17. The fraction of sp³-hybridized carbons (Fsp3) is 0.348. The SMILES string of the molecule is CC(C)C(NC(=O)N1CCN(c2cccc(F)c2C#N)CC1)c1nc2ccccc2[nH]1. The van der Waals surface area contributed by atoms with Crippen LogP contribution in [-0.4, -0.2) is 47.1 Å². The highest BCUT2D eigenvalue weighted by molar-refractivity contribution is 5.77. The van der Waals surface area contributed by atoms with Crippen LogP contribution in [0, 0.1) is 23.1 Å². The maximum Gasteiger partial charge on any atom is 0.318 e. The number of nitrogens with zero attached hydrogens (tertiary/aromatic N) is 4. The number of carbonyl (C=O) groups is 1. The Balaban J connectivity index is 1.43. The third-order valence-corrected chi connectivity index (χ3v) is 5.66. The molecule has 1 atom stereocenters. The first-order valence-electron chi connectivity index (χ1n) is 10.4. The lowest BCUT2D eigenvalue weighted by Crippen LogP contribution is -2.53. The Kier molecular flexibility index (Phi) is 5.76. The number of carbonyl (C=O) groups excluding carboxylic acids is 1. The van der Waals surface area contributed by atoms with Gasteiger partial charge in [-0.25, -0.2) is 14.2 Å². The largest absolute Gasteiger partial charge is 0.367 e. The van der Waals surface area contributed by atoms with Crippen molar-refractivity contribution in [2.45, 2.75) is 19.9 Å². The molecule has 0 radical (unpaired) electrons. The van der Waals surface area contributed by atoms with Crippen LogP contribution in [0.25, 0.3) is 11.0 Å². The van der Waals surface area contributed by atoms with E-state index in [-0.39, 0.29) is 23.6 Å². The second kappa shape index (κ2) is 8.64. The second-order valence-electron chi connectivity index (χ2n) is 8.03. The van der Waals surface area contributed by atoms with Crippen molar-refractivity contribution in [3.8, 4) is 6.07 Å². The number of aromatic amines is 1. The van der Waals surface area contributed by atoms with Gasteiger partial charge in [-0.1, -0.05) is 32.0 Å². The predicted molar refractivity (Wildman–Crippen MR) is 117 cm³/mol. The van der Waals surface area contributed by atoms with Gasteiger partial charge in [-0.15, -0.1) is 0 Å². The molecule has 7 nitrogen and oxygen atoms in total. The van der Waals surface area contributed by atoms with E-state index in [0.717, 1.165) is 16.9 Å². The lowest BCUT2D eigenvalue weighted by atomic mass is 10.0. The van der Waals surface area contributed by atoms with Crippen LogP contribution in [0.15, 0.2) is 42.5 Å². The molecule has 0 spiro atoms. The third-order valence-electron chi connectivity index (χ3n) is 5.66. The number of benzene rings is 2. The number of fused-ring (bicyclic) bond motifs is 1. The van der Waals surface area contributed by atoms with Gasteiger partial charge in [0, 0.05) is 26.2 Å². The van der Waals surface area contributed by atoms with E-state index in [2.05, 4.69) is 15.3 Å². The first kappa shape index (κ1) is 20.7. The highest BCUT2D eigenvalue weighted by Crippen LogP contribution is 2.25. The van der Waals surface area contributed by atoms with E-state index in [0.29, 0.717) is 31.9 Å². The fourth-order valence-electron chi connectivity index (χ4n) is 3.93. The highest BCUT2D eigenvalue weighted by atomic mass is 19.1. The number of imidazole rings is 1. The topological polar surface area (TPSA) is 88.1 Å². The van der Waals surface area contributed by atoms with Gasteiger partial charge in [0.15, 0.2) is 0 Å². The number of hydrogen-bond acceptors (Lipinski definition) is 4. The zero-order chi connectivity index (χ0) is 22.0. The van der Waals surface area contributed by atoms with Crippen LogP contribution in [0.1, 0.15) is 31.3 Å². The molecule has 1 aliphatic heterocycles. The molecule has 2 heterocycles. The lowest BCUT2D eigenvalue weighted by molar-refractivity contribution is 0.186. The van der Waals surface area contributed by atoms with Gasteiger partial charge in [0.2, 0.25) is 0 Å². The molecule has 0 saturated carbocycles. The van der Waals surface area contributed by atoms with Gasteiger partial charge in [-0.2, -0.15) is 5.26 Å². The number of anilines is 1. The van der Waals surface area contributed by atoms with Crippen molar-refractivity contribution in [2.24, 2.45) is 5.92 Å². The molecule has 8 heteroatoms. The number of para-hydroxylation sites is 2. The molecular weight excluding hydrogens is 395 g/mol. The molecule has 4 rings (SSSR count). The average Bonchev–Trinajstić information content (AvgIpc) is 3.20. The molecule has 1 saturated heterocycles. The van der Waals surface area contributed by atoms with Crippen molar-refractivity contribution < 1.29 is 9.18 Å². The molecule has 2 N–H and O–H groups in total. The number of urea groups is 1.